The Labute approximate surface area is 147 Å². The lowest BCUT2D eigenvalue weighted by Gasteiger charge is -2.33. The number of hydrogen-bond donors (Lipinski definition) is 1. The van der Waals surface area contributed by atoms with Gasteiger partial charge in [-0.3, -0.25) is 9.36 Å². The number of aromatic nitrogens is 2. The molecule has 1 fully saturated rings. The molecule has 26 heavy (non-hydrogen) atoms. The molecule has 7 nitrogen and oxygen atoms in total. The summed E-state index contributed by atoms with van der Waals surface area (Å²) in [5.41, 5.74) is -1.32. The maximum Gasteiger partial charge on any atom is 0.387 e. The van der Waals surface area contributed by atoms with E-state index in [-0.39, 0.29) is 35.4 Å². The summed E-state index contributed by atoms with van der Waals surface area (Å²) >= 11 is 0. The van der Waals surface area contributed by atoms with Crippen LogP contribution in [0.3, 0.4) is 0 Å². The number of halogens is 2. The summed E-state index contributed by atoms with van der Waals surface area (Å²) in [6.07, 6.45) is 1.51. The molecule has 2 aromatic rings. The zero-order valence-electron chi connectivity index (χ0n) is 14.3. The summed E-state index contributed by atoms with van der Waals surface area (Å²) < 4.78 is 41.1. The molecule has 0 bridgehead atoms. The van der Waals surface area contributed by atoms with Crippen molar-refractivity contribution in [3.8, 4) is 5.75 Å². The second-order valence-electron chi connectivity index (χ2n) is 6.38. The molecule has 1 N–H and O–H groups in total. The van der Waals surface area contributed by atoms with E-state index in [0.717, 1.165) is 17.4 Å². The predicted molar refractivity (Wildman–Crippen MR) is 89.9 cm³/mol. The van der Waals surface area contributed by atoms with Gasteiger partial charge in [-0.05, 0) is 31.9 Å². The Balaban J connectivity index is 1.78. The van der Waals surface area contributed by atoms with Gasteiger partial charge in [-0.15, -0.1) is 0 Å². The van der Waals surface area contributed by atoms with E-state index in [1.54, 1.807) is 0 Å². The van der Waals surface area contributed by atoms with Crippen LogP contribution in [0.4, 0.5) is 8.78 Å². The highest BCUT2D eigenvalue weighted by molar-refractivity contribution is 5.78. The molecule has 1 aliphatic rings. The van der Waals surface area contributed by atoms with Crippen LogP contribution in [0.2, 0.25) is 0 Å². The molecule has 0 spiro atoms. The zero-order valence-corrected chi connectivity index (χ0v) is 14.3. The SMILES string of the molecule is CC1(OCCn2c(=O)[nH]c3cc(OC(F)F)ccc3c2=O)CCOCC1. The van der Waals surface area contributed by atoms with Crippen LogP contribution >= 0.6 is 0 Å². The molecule has 2 heterocycles. The number of ether oxygens (including phenoxy) is 3. The molecule has 1 aromatic carbocycles. The summed E-state index contributed by atoms with van der Waals surface area (Å²) in [4.78, 5) is 27.2. The number of alkyl halides is 2. The van der Waals surface area contributed by atoms with Crippen molar-refractivity contribution in [2.24, 2.45) is 0 Å². The van der Waals surface area contributed by atoms with Crippen molar-refractivity contribution in [3.63, 3.8) is 0 Å². The van der Waals surface area contributed by atoms with Crippen LogP contribution in [-0.2, 0) is 16.0 Å². The number of hydrogen-bond acceptors (Lipinski definition) is 5. The molecule has 0 atom stereocenters. The lowest BCUT2D eigenvalue weighted by molar-refractivity contribution is -0.101. The third kappa shape index (κ3) is 4.10. The fraction of sp³-hybridized carbons (Fsp3) is 0.529. The largest absolute Gasteiger partial charge is 0.435 e. The van der Waals surface area contributed by atoms with Gasteiger partial charge in [0.25, 0.3) is 5.56 Å². The van der Waals surface area contributed by atoms with Crippen LogP contribution in [-0.4, -0.2) is 41.6 Å². The maximum atomic E-state index is 12.5. The molecule has 0 amide bonds. The van der Waals surface area contributed by atoms with Crippen LogP contribution in [0.15, 0.2) is 27.8 Å². The number of benzene rings is 1. The first-order chi connectivity index (χ1) is 12.4. The normalized spacial score (nSPS) is 16.9. The van der Waals surface area contributed by atoms with Crippen LogP contribution in [0, 0.1) is 0 Å². The number of fused-ring (bicyclic) bond motifs is 1. The Kier molecular flexibility index (Phi) is 5.38. The van der Waals surface area contributed by atoms with Gasteiger partial charge in [0.15, 0.2) is 0 Å². The van der Waals surface area contributed by atoms with Gasteiger partial charge in [-0.1, -0.05) is 0 Å². The second-order valence-corrected chi connectivity index (χ2v) is 6.38. The van der Waals surface area contributed by atoms with Crippen molar-refractivity contribution >= 4 is 10.9 Å². The van der Waals surface area contributed by atoms with Gasteiger partial charge in [0.1, 0.15) is 5.75 Å². The van der Waals surface area contributed by atoms with Crippen molar-refractivity contribution < 1.29 is 23.0 Å². The van der Waals surface area contributed by atoms with Crippen molar-refractivity contribution in [2.45, 2.75) is 38.5 Å². The third-order valence-corrected chi connectivity index (χ3v) is 4.49. The summed E-state index contributed by atoms with van der Waals surface area (Å²) in [5.74, 6) is -0.129. The molecule has 0 radical (unpaired) electrons. The molecule has 1 aromatic heterocycles. The van der Waals surface area contributed by atoms with Crippen LogP contribution in [0.25, 0.3) is 10.9 Å². The number of rotatable bonds is 6. The molecule has 0 saturated carbocycles. The van der Waals surface area contributed by atoms with E-state index in [1.807, 2.05) is 6.92 Å². The van der Waals surface area contributed by atoms with Gasteiger partial charge < -0.3 is 19.2 Å². The average molecular weight is 370 g/mol. The van der Waals surface area contributed by atoms with E-state index in [1.165, 1.54) is 18.2 Å². The molecule has 142 valence electrons. The van der Waals surface area contributed by atoms with E-state index in [4.69, 9.17) is 9.47 Å². The first kappa shape index (κ1) is 18.5. The summed E-state index contributed by atoms with van der Waals surface area (Å²) in [5, 5.41) is 0.212. The van der Waals surface area contributed by atoms with E-state index in [9.17, 15) is 18.4 Å². The molecule has 9 heteroatoms. The Morgan fingerprint density at radius 1 is 1.31 bits per heavy atom. The molecule has 0 unspecified atom stereocenters. The fourth-order valence-electron chi connectivity index (χ4n) is 2.94. The summed E-state index contributed by atoms with van der Waals surface area (Å²) in [6.45, 7) is 0.538. The van der Waals surface area contributed by atoms with Crippen molar-refractivity contribution in [3.05, 3.63) is 39.0 Å². The lowest BCUT2D eigenvalue weighted by atomic mass is 9.97. The standard InChI is InChI=1S/C17H20F2N2O5/c1-17(4-7-24-8-5-17)25-9-6-21-14(22)12-3-2-11(26-15(18)19)10-13(12)20-16(21)23/h2-3,10,15H,4-9H2,1H3,(H,20,23). The number of H-pyrrole nitrogens is 1. The van der Waals surface area contributed by atoms with Gasteiger partial charge in [0.2, 0.25) is 0 Å². The predicted octanol–water partition coefficient (Wildman–Crippen LogP) is 1.88. The van der Waals surface area contributed by atoms with E-state index in [0.29, 0.717) is 13.2 Å². The Hall–Kier alpha value is -2.26. The minimum absolute atomic E-state index is 0.0931. The highest BCUT2D eigenvalue weighted by Gasteiger charge is 2.28. The van der Waals surface area contributed by atoms with Gasteiger partial charge in [0.05, 0.1) is 29.7 Å². The summed E-state index contributed by atoms with van der Waals surface area (Å²) in [6, 6.07) is 3.81. The molecular formula is C17H20F2N2O5. The van der Waals surface area contributed by atoms with Gasteiger partial charge in [-0.25, -0.2) is 4.79 Å². The van der Waals surface area contributed by atoms with E-state index in [2.05, 4.69) is 9.72 Å². The smallest absolute Gasteiger partial charge is 0.387 e. The minimum atomic E-state index is -2.98. The van der Waals surface area contributed by atoms with Crippen LogP contribution in [0.1, 0.15) is 19.8 Å². The molecular weight excluding hydrogens is 350 g/mol. The molecule has 1 saturated heterocycles. The molecule has 0 aliphatic carbocycles. The fourth-order valence-corrected chi connectivity index (χ4v) is 2.94. The Morgan fingerprint density at radius 3 is 2.73 bits per heavy atom. The van der Waals surface area contributed by atoms with Gasteiger partial charge in [-0.2, -0.15) is 8.78 Å². The lowest BCUT2D eigenvalue weighted by Crippen LogP contribution is -2.40. The van der Waals surface area contributed by atoms with E-state index < -0.39 is 17.9 Å². The number of nitrogens with one attached hydrogen (secondary N) is 1. The molecule has 1 aliphatic heterocycles. The second kappa shape index (κ2) is 7.55. The van der Waals surface area contributed by atoms with E-state index >= 15 is 0 Å². The Bertz CT molecular complexity index is 887. The first-order valence-corrected chi connectivity index (χ1v) is 8.31. The van der Waals surface area contributed by atoms with Crippen LogP contribution < -0.4 is 16.0 Å². The van der Waals surface area contributed by atoms with Gasteiger partial charge in [0, 0.05) is 19.3 Å². The van der Waals surface area contributed by atoms with Crippen molar-refractivity contribution in [1.82, 2.24) is 9.55 Å². The molecule has 3 rings (SSSR count). The van der Waals surface area contributed by atoms with Crippen molar-refractivity contribution in [2.75, 3.05) is 19.8 Å². The van der Waals surface area contributed by atoms with Gasteiger partial charge >= 0.3 is 12.3 Å². The Morgan fingerprint density at radius 2 is 2.04 bits per heavy atom. The zero-order chi connectivity index (χ0) is 18.7. The first-order valence-electron chi connectivity index (χ1n) is 8.31. The minimum Gasteiger partial charge on any atom is -0.435 e. The number of aromatic amines is 1. The highest BCUT2D eigenvalue weighted by atomic mass is 19.3. The maximum absolute atomic E-state index is 12.5. The summed E-state index contributed by atoms with van der Waals surface area (Å²) in [7, 11) is 0. The third-order valence-electron chi connectivity index (χ3n) is 4.49. The van der Waals surface area contributed by atoms with Crippen LogP contribution in [0.5, 0.6) is 5.75 Å². The van der Waals surface area contributed by atoms with Crippen molar-refractivity contribution in [1.29, 1.82) is 0 Å². The highest BCUT2D eigenvalue weighted by Crippen LogP contribution is 2.24. The topological polar surface area (TPSA) is 82.5 Å². The monoisotopic (exact) mass is 370 g/mol. The number of nitrogens with zero attached hydrogens (tertiary/aromatic N) is 1. The quantitative estimate of drug-likeness (QED) is 0.840. The average Bonchev–Trinajstić information content (AvgIpc) is 2.57.